The van der Waals surface area contributed by atoms with E-state index in [1.54, 1.807) is 0 Å². The van der Waals surface area contributed by atoms with E-state index in [2.05, 4.69) is 163 Å². The number of nitrogens with one attached hydrogen (secondary N) is 1. The second-order valence-electron chi connectivity index (χ2n) is 14.1. The van der Waals surface area contributed by atoms with E-state index < -0.39 is 0 Å². The molecule has 230 valence electrons. The van der Waals surface area contributed by atoms with Crippen LogP contribution in [-0.2, 0) is 5.41 Å². The van der Waals surface area contributed by atoms with E-state index in [1.807, 2.05) is 12.3 Å². The first kappa shape index (κ1) is 27.4. The van der Waals surface area contributed by atoms with Crippen molar-refractivity contribution in [3.63, 3.8) is 0 Å². The fourth-order valence-corrected chi connectivity index (χ4v) is 8.98. The molecule has 48 heavy (non-hydrogen) atoms. The number of H-pyrrole nitrogens is 1. The summed E-state index contributed by atoms with van der Waals surface area (Å²) in [7, 11) is 0. The summed E-state index contributed by atoms with van der Waals surface area (Å²) < 4.78 is 2.60. The minimum absolute atomic E-state index is 0.0924. The second-order valence-corrected chi connectivity index (χ2v) is 14.1. The van der Waals surface area contributed by atoms with Gasteiger partial charge >= 0.3 is 0 Å². The Morgan fingerprint density at radius 2 is 1.35 bits per heavy atom. The highest BCUT2D eigenvalue weighted by Crippen LogP contribution is 2.55. The number of nitrogens with zero attached hydrogens (tertiary/aromatic N) is 2. The number of para-hydroxylation sites is 2. The predicted molar refractivity (Wildman–Crippen MR) is 201 cm³/mol. The Balaban J connectivity index is 1.08. The summed E-state index contributed by atoms with van der Waals surface area (Å²) in [6.07, 6.45) is 6.73. The van der Waals surface area contributed by atoms with Crippen molar-refractivity contribution in [1.29, 1.82) is 0 Å². The average Bonchev–Trinajstić information content (AvgIpc) is 3.74. The molecule has 2 aliphatic rings. The molecule has 8 aromatic rings. The number of aromatic nitrogens is 3. The van der Waals surface area contributed by atoms with E-state index in [-0.39, 0.29) is 11.5 Å². The van der Waals surface area contributed by atoms with Crippen LogP contribution < -0.4 is 0 Å². The Labute approximate surface area is 279 Å². The van der Waals surface area contributed by atoms with Crippen LogP contribution >= 0.6 is 0 Å². The van der Waals surface area contributed by atoms with Crippen LogP contribution in [0.4, 0.5) is 0 Å². The number of benzene rings is 5. The number of hydrogen-bond donors (Lipinski definition) is 1. The molecule has 3 heteroatoms. The van der Waals surface area contributed by atoms with Crippen molar-refractivity contribution in [2.24, 2.45) is 5.92 Å². The lowest BCUT2D eigenvalue weighted by atomic mass is 9.72. The number of allylic oxidation sites excluding steroid dienone is 4. The van der Waals surface area contributed by atoms with Gasteiger partial charge in [-0.3, -0.25) is 4.98 Å². The Morgan fingerprint density at radius 3 is 2.21 bits per heavy atom. The molecule has 0 bridgehead atoms. The molecular weight excluding hydrogens is 583 g/mol. The normalized spacial score (nSPS) is 18.3. The van der Waals surface area contributed by atoms with Crippen LogP contribution in [-0.4, -0.2) is 14.5 Å². The Kier molecular flexibility index (Phi) is 5.67. The number of rotatable bonds is 3. The highest BCUT2D eigenvalue weighted by molar-refractivity contribution is 6.11. The monoisotopic (exact) mass is 617 g/mol. The molecule has 10 rings (SSSR count). The molecule has 0 saturated heterocycles. The molecule has 5 aromatic carbocycles. The summed E-state index contributed by atoms with van der Waals surface area (Å²) in [6.45, 7) is 7.25. The van der Waals surface area contributed by atoms with E-state index in [1.165, 1.54) is 82.6 Å². The lowest BCUT2D eigenvalue weighted by molar-refractivity contribution is 0.433. The predicted octanol–water partition coefficient (Wildman–Crippen LogP) is 11.6. The molecule has 3 heterocycles. The van der Waals surface area contributed by atoms with Crippen LogP contribution in [0, 0.1) is 5.92 Å². The summed E-state index contributed by atoms with van der Waals surface area (Å²) in [4.78, 5) is 8.22. The summed E-state index contributed by atoms with van der Waals surface area (Å²) in [5.41, 5.74) is 15.2. The van der Waals surface area contributed by atoms with Gasteiger partial charge in [0.1, 0.15) is 0 Å². The lowest BCUT2D eigenvalue weighted by Gasteiger charge is -2.36. The summed E-state index contributed by atoms with van der Waals surface area (Å²) >= 11 is 0. The molecule has 0 spiro atoms. The van der Waals surface area contributed by atoms with Gasteiger partial charge in [-0.25, -0.2) is 0 Å². The molecule has 3 aromatic heterocycles. The quantitative estimate of drug-likeness (QED) is 0.210. The molecule has 2 aliphatic carbocycles. The zero-order chi connectivity index (χ0) is 32.1. The molecule has 0 aliphatic heterocycles. The summed E-state index contributed by atoms with van der Waals surface area (Å²) in [6, 6.07) is 44.7. The van der Waals surface area contributed by atoms with E-state index in [0.717, 1.165) is 5.69 Å². The molecule has 2 atom stereocenters. The molecule has 0 radical (unpaired) electrons. The number of aromatic amines is 1. The second kappa shape index (κ2) is 9.92. The highest BCUT2D eigenvalue weighted by atomic mass is 15.0. The van der Waals surface area contributed by atoms with Crippen molar-refractivity contribution in [2.45, 2.75) is 32.2 Å². The van der Waals surface area contributed by atoms with Gasteiger partial charge in [0, 0.05) is 66.7 Å². The zero-order valence-corrected chi connectivity index (χ0v) is 27.3. The fourth-order valence-electron chi connectivity index (χ4n) is 8.98. The molecule has 0 amide bonds. The standard InChI is InChI=1S/C45H35N3/c1-27-41(22-19-34-31-18-15-30(38-12-8-9-23-46-38)26-37(31)45(2,3)44(27)34)48-42-14-7-5-11-33(42)36-25-29(17-21-43(36)48)28-16-20-40-35(24-28)32-10-4-6-13-39(32)47-40/h4-27,41,47H,1-3H3. The molecule has 3 nitrogen and oxygen atoms in total. The summed E-state index contributed by atoms with van der Waals surface area (Å²) in [5, 5.41) is 5.14. The van der Waals surface area contributed by atoms with Gasteiger partial charge in [-0.05, 0) is 88.0 Å². The van der Waals surface area contributed by atoms with Crippen LogP contribution in [0.25, 0.3) is 71.6 Å². The molecule has 0 fully saturated rings. The number of pyridine rings is 1. The Hall–Kier alpha value is -5.67. The highest BCUT2D eigenvalue weighted by Gasteiger charge is 2.43. The fraction of sp³-hybridized carbons (Fsp3) is 0.133. The minimum Gasteiger partial charge on any atom is -0.355 e. The third-order valence-corrected chi connectivity index (χ3v) is 11.2. The van der Waals surface area contributed by atoms with Gasteiger partial charge in [0.05, 0.1) is 11.7 Å². The third kappa shape index (κ3) is 3.79. The maximum atomic E-state index is 4.65. The van der Waals surface area contributed by atoms with Crippen molar-refractivity contribution in [3.8, 4) is 22.4 Å². The molecule has 1 N–H and O–H groups in total. The number of fused-ring (bicyclic) bond motifs is 8. The first-order valence-electron chi connectivity index (χ1n) is 17.0. The van der Waals surface area contributed by atoms with Crippen molar-refractivity contribution >= 4 is 49.2 Å². The molecule has 2 unspecified atom stereocenters. The van der Waals surface area contributed by atoms with Gasteiger partial charge in [0.15, 0.2) is 0 Å². The topological polar surface area (TPSA) is 33.6 Å². The largest absolute Gasteiger partial charge is 0.355 e. The lowest BCUT2D eigenvalue weighted by Crippen LogP contribution is -2.28. The van der Waals surface area contributed by atoms with Gasteiger partial charge in [0.2, 0.25) is 0 Å². The Bertz CT molecular complexity index is 2660. The van der Waals surface area contributed by atoms with Gasteiger partial charge in [-0.2, -0.15) is 0 Å². The van der Waals surface area contributed by atoms with E-state index in [0.29, 0.717) is 5.92 Å². The van der Waals surface area contributed by atoms with Crippen LogP contribution in [0.1, 0.15) is 37.9 Å². The van der Waals surface area contributed by atoms with E-state index >= 15 is 0 Å². The number of hydrogen-bond acceptors (Lipinski definition) is 1. The van der Waals surface area contributed by atoms with Gasteiger partial charge < -0.3 is 9.55 Å². The minimum atomic E-state index is -0.0924. The molecule has 0 saturated carbocycles. The third-order valence-electron chi connectivity index (χ3n) is 11.2. The van der Waals surface area contributed by atoms with Crippen LogP contribution in [0.2, 0.25) is 0 Å². The average molecular weight is 618 g/mol. The van der Waals surface area contributed by atoms with Gasteiger partial charge in [-0.15, -0.1) is 0 Å². The van der Waals surface area contributed by atoms with E-state index in [9.17, 15) is 0 Å². The van der Waals surface area contributed by atoms with Gasteiger partial charge in [0.25, 0.3) is 0 Å². The SMILES string of the molecule is CC1C2=C(C=CC1n1c3ccccc3c3cc(-c4ccc5[nH]c6ccccc6c5c4)ccc31)c1ccc(-c3ccccn3)cc1C2(C)C. The van der Waals surface area contributed by atoms with Crippen molar-refractivity contribution in [3.05, 3.63) is 156 Å². The smallest absolute Gasteiger partial charge is 0.0702 e. The maximum absolute atomic E-state index is 4.65. The van der Waals surface area contributed by atoms with Crippen LogP contribution in [0.3, 0.4) is 0 Å². The Morgan fingerprint density at radius 1 is 0.646 bits per heavy atom. The van der Waals surface area contributed by atoms with Crippen molar-refractivity contribution in [1.82, 2.24) is 14.5 Å². The van der Waals surface area contributed by atoms with Crippen LogP contribution in [0.15, 0.2) is 145 Å². The summed E-state index contributed by atoms with van der Waals surface area (Å²) in [5.74, 6) is 0.314. The van der Waals surface area contributed by atoms with E-state index in [4.69, 9.17) is 0 Å². The maximum Gasteiger partial charge on any atom is 0.0702 e. The zero-order valence-electron chi connectivity index (χ0n) is 27.3. The first-order valence-corrected chi connectivity index (χ1v) is 17.0. The van der Waals surface area contributed by atoms with Crippen LogP contribution in [0.5, 0.6) is 0 Å². The van der Waals surface area contributed by atoms with Crippen molar-refractivity contribution in [2.75, 3.05) is 0 Å². The molecular formula is C45H35N3. The first-order chi connectivity index (χ1) is 23.5. The van der Waals surface area contributed by atoms with Gasteiger partial charge in [-0.1, -0.05) is 99.7 Å². The van der Waals surface area contributed by atoms with Crippen molar-refractivity contribution < 1.29 is 0 Å².